The van der Waals surface area contributed by atoms with Crippen LogP contribution < -0.4 is 11.1 Å². The second-order valence-electron chi connectivity index (χ2n) is 3.39. The quantitative estimate of drug-likeness (QED) is 0.726. The van der Waals surface area contributed by atoms with Crippen molar-refractivity contribution in [1.29, 1.82) is 0 Å². The Bertz CT molecular complexity index is 425. The van der Waals surface area contributed by atoms with Crippen molar-refractivity contribution in [2.45, 2.75) is 18.9 Å². The first-order chi connectivity index (χ1) is 7.99. The zero-order valence-corrected chi connectivity index (χ0v) is 9.65. The summed E-state index contributed by atoms with van der Waals surface area (Å²) in [5.74, 6) is -1.19. The maximum absolute atomic E-state index is 11.5. The highest BCUT2D eigenvalue weighted by Gasteiger charge is 2.15. The van der Waals surface area contributed by atoms with Gasteiger partial charge >= 0.3 is 5.97 Å². The summed E-state index contributed by atoms with van der Waals surface area (Å²) in [7, 11) is 0. The normalized spacial score (nSPS) is 11.9. The second kappa shape index (κ2) is 6.17. The SMILES string of the molecule is NC(CCC(=O)O)C(=O)Nc1cc(Cl)ccn1. The number of pyridine rings is 1. The number of anilines is 1. The van der Waals surface area contributed by atoms with Gasteiger partial charge in [-0.1, -0.05) is 11.6 Å². The van der Waals surface area contributed by atoms with Crippen molar-refractivity contribution in [3.8, 4) is 0 Å². The summed E-state index contributed by atoms with van der Waals surface area (Å²) in [4.78, 5) is 25.7. The third-order valence-corrected chi connectivity index (χ3v) is 2.21. The highest BCUT2D eigenvalue weighted by molar-refractivity contribution is 6.30. The number of amides is 1. The van der Waals surface area contributed by atoms with Crippen LogP contribution in [0.4, 0.5) is 5.82 Å². The van der Waals surface area contributed by atoms with Crippen LogP contribution in [0.3, 0.4) is 0 Å². The molecule has 1 rings (SSSR count). The molecule has 0 radical (unpaired) electrons. The van der Waals surface area contributed by atoms with Gasteiger partial charge in [0, 0.05) is 17.6 Å². The van der Waals surface area contributed by atoms with Gasteiger partial charge in [0.25, 0.3) is 0 Å². The lowest BCUT2D eigenvalue weighted by molar-refractivity contribution is -0.137. The summed E-state index contributed by atoms with van der Waals surface area (Å²) in [5.41, 5.74) is 5.52. The van der Waals surface area contributed by atoms with E-state index in [9.17, 15) is 9.59 Å². The van der Waals surface area contributed by atoms with Gasteiger partial charge < -0.3 is 16.2 Å². The highest BCUT2D eigenvalue weighted by atomic mass is 35.5. The van der Waals surface area contributed by atoms with Crippen LogP contribution in [0.15, 0.2) is 18.3 Å². The Kier molecular flexibility index (Phi) is 4.86. The van der Waals surface area contributed by atoms with Crippen LogP contribution in [-0.2, 0) is 9.59 Å². The monoisotopic (exact) mass is 257 g/mol. The molecule has 0 fully saturated rings. The van der Waals surface area contributed by atoms with Gasteiger partial charge in [-0.2, -0.15) is 0 Å². The summed E-state index contributed by atoms with van der Waals surface area (Å²) in [6, 6.07) is 2.16. The fourth-order valence-electron chi connectivity index (χ4n) is 1.10. The number of carbonyl (C=O) groups excluding carboxylic acids is 1. The van der Waals surface area contributed by atoms with E-state index in [0.717, 1.165) is 0 Å². The molecule has 1 aromatic heterocycles. The molecule has 1 aromatic rings. The van der Waals surface area contributed by atoms with E-state index in [1.807, 2.05) is 0 Å². The molecule has 0 aliphatic rings. The number of hydrogen-bond acceptors (Lipinski definition) is 4. The molecule has 17 heavy (non-hydrogen) atoms. The standard InChI is InChI=1S/C10H12ClN3O3/c11-6-3-4-13-8(5-6)14-10(17)7(12)1-2-9(15)16/h3-5,7H,1-2,12H2,(H,15,16)(H,13,14,17). The molecule has 4 N–H and O–H groups in total. The second-order valence-corrected chi connectivity index (χ2v) is 3.82. The first-order valence-corrected chi connectivity index (χ1v) is 5.26. The molecular formula is C10H12ClN3O3. The van der Waals surface area contributed by atoms with Crippen molar-refractivity contribution >= 4 is 29.3 Å². The maximum atomic E-state index is 11.5. The molecule has 1 amide bonds. The molecule has 92 valence electrons. The summed E-state index contributed by atoms with van der Waals surface area (Å²) in [6.07, 6.45) is 1.36. The molecule has 1 unspecified atom stereocenters. The van der Waals surface area contributed by atoms with E-state index in [4.69, 9.17) is 22.4 Å². The van der Waals surface area contributed by atoms with Gasteiger partial charge in [-0.15, -0.1) is 0 Å². The minimum atomic E-state index is -0.992. The lowest BCUT2D eigenvalue weighted by Gasteiger charge is -2.10. The number of hydrogen-bond donors (Lipinski definition) is 3. The average molecular weight is 258 g/mol. The van der Waals surface area contributed by atoms with Gasteiger partial charge in [-0.05, 0) is 18.6 Å². The van der Waals surface area contributed by atoms with Crippen molar-refractivity contribution < 1.29 is 14.7 Å². The molecule has 0 saturated carbocycles. The molecule has 0 aromatic carbocycles. The van der Waals surface area contributed by atoms with Crippen molar-refractivity contribution in [3.05, 3.63) is 23.4 Å². The van der Waals surface area contributed by atoms with Crippen LogP contribution >= 0.6 is 11.6 Å². The zero-order chi connectivity index (χ0) is 12.8. The van der Waals surface area contributed by atoms with Gasteiger partial charge in [-0.3, -0.25) is 9.59 Å². The van der Waals surface area contributed by atoms with Crippen LogP contribution in [0.5, 0.6) is 0 Å². The summed E-state index contributed by atoms with van der Waals surface area (Å²) in [6.45, 7) is 0. The third kappa shape index (κ3) is 4.80. The number of aliphatic carboxylic acids is 1. The Hall–Kier alpha value is -1.66. The predicted molar refractivity (Wildman–Crippen MR) is 62.7 cm³/mol. The largest absolute Gasteiger partial charge is 0.481 e. The first-order valence-electron chi connectivity index (χ1n) is 4.89. The number of carboxylic acids is 1. The van der Waals surface area contributed by atoms with E-state index >= 15 is 0 Å². The van der Waals surface area contributed by atoms with Crippen molar-refractivity contribution in [3.63, 3.8) is 0 Å². The van der Waals surface area contributed by atoms with Crippen molar-refractivity contribution in [1.82, 2.24) is 4.98 Å². The van der Waals surface area contributed by atoms with Gasteiger partial charge in [0.2, 0.25) is 5.91 Å². The number of nitrogens with one attached hydrogen (secondary N) is 1. The fourth-order valence-corrected chi connectivity index (χ4v) is 1.26. The van der Waals surface area contributed by atoms with Crippen LogP contribution in [0.1, 0.15) is 12.8 Å². The molecule has 1 heterocycles. The Balaban J connectivity index is 2.51. The van der Waals surface area contributed by atoms with Crippen molar-refractivity contribution in [2.24, 2.45) is 5.73 Å². The fraction of sp³-hybridized carbons (Fsp3) is 0.300. The summed E-state index contributed by atoms with van der Waals surface area (Å²) < 4.78 is 0. The van der Waals surface area contributed by atoms with Crippen LogP contribution in [0, 0.1) is 0 Å². The number of nitrogens with zero attached hydrogens (tertiary/aromatic N) is 1. The molecule has 7 heteroatoms. The molecule has 0 saturated heterocycles. The predicted octanol–water partition coefficient (Wildman–Crippen LogP) is 0.866. The number of halogens is 1. The van der Waals surface area contributed by atoms with E-state index in [1.54, 1.807) is 6.07 Å². The summed E-state index contributed by atoms with van der Waals surface area (Å²) >= 11 is 5.71. The van der Waals surface area contributed by atoms with Gasteiger partial charge in [0.1, 0.15) is 5.82 Å². The van der Waals surface area contributed by atoms with Crippen molar-refractivity contribution in [2.75, 3.05) is 5.32 Å². The molecule has 6 nitrogen and oxygen atoms in total. The first kappa shape index (κ1) is 13.4. The molecule has 1 atom stereocenters. The number of carbonyl (C=O) groups is 2. The molecule has 0 bridgehead atoms. The average Bonchev–Trinajstić information content (AvgIpc) is 2.25. The van der Waals surface area contributed by atoms with Crippen LogP contribution in [0.25, 0.3) is 0 Å². The Morgan fingerprint density at radius 1 is 1.59 bits per heavy atom. The molecule has 0 spiro atoms. The van der Waals surface area contributed by atoms with E-state index in [0.29, 0.717) is 5.02 Å². The van der Waals surface area contributed by atoms with Crippen LogP contribution in [-0.4, -0.2) is 28.0 Å². The maximum Gasteiger partial charge on any atom is 0.303 e. The topological polar surface area (TPSA) is 105 Å². The van der Waals surface area contributed by atoms with E-state index in [1.165, 1.54) is 12.3 Å². The van der Waals surface area contributed by atoms with Gasteiger partial charge in [-0.25, -0.2) is 4.98 Å². The Labute approximate surface area is 103 Å². The Morgan fingerprint density at radius 3 is 2.88 bits per heavy atom. The van der Waals surface area contributed by atoms with Gasteiger partial charge in [0.05, 0.1) is 6.04 Å². The molecule has 0 aliphatic carbocycles. The number of rotatable bonds is 5. The minimum Gasteiger partial charge on any atom is -0.481 e. The Morgan fingerprint density at radius 2 is 2.29 bits per heavy atom. The van der Waals surface area contributed by atoms with Crippen LogP contribution in [0.2, 0.25) is 5.02 Å². The smallest absolute Gasteiger partial charge is 0.303 e. The number of carboxylic acid groups (broad SMARTS) is 1. The van der Waals surface area contributed by atoms with Gasteiger partial charge in [0.15, 0.2) is 0 Å². The summed E-state index contributed by atoms with van der Waals surface area (Å²) in [5, 5.41) is 11.3. The van der Waals surface area contributed by atoms with E-state index < -0.39 is 17.9 Å². The highest BCUT2D eigenvalue weighted by Crippen LogP contribution is 2.12. The minimum absolute atomic E-state index is 0.0712. The molecule has 0 aliphatic heterocycles. The number of nitrogens with two attached hydrogens (primary N) is 1. The number of aromatic nitrogens is 1. The van der Waals surface area contributed by atoms with E-state index in [2.05, 4.69) is 10.3 Å². The van der Waals surface area contributed by atoms with E-state index in [-0.39, 0.29) is 18.7 Å². The lowest BCUT2D eigenvalue weighted by atomic mass is 10.1. The third-order valence-electron chi connectivity index (χ3n) is 1.98. The zero-order valence-electron chi connectivity index (χ0n) is 8.89. The lowest BCUT2D eigenvalue weighted by Crippen LogP contribution is -2.36. The molecular weight excluding hydrogens is 246 g/mol.